The Morgan fingerprint density at radius 2 is 1.85 bits per heavy atom. The quantitative estimate of drug-likeness (QED) is 0.546. The second-order valence-electron chi connectivity index (χ2n) is 1.99. The molecule has 0 aromatic carbocycles. The van der Waals surface area contributed by atoms with E-state index >= 15 is 0 Å². The highest BCUT2D eigenvalue weighted by molar-refractivity contribution is 5.68. The molecule has 0 bridgehead atoms. The zero-order valence-corrected chi connectivity index (χ0v) is 8.88. The molecule has 0 aromatic heterocycles. The van der Waals surface area contributed by atoms with Crippen molar-refractivity contribution in [3.63, 3.8) is 0 Å². The predicted molar refractivity (Wildman–Crippen MR) is 57.0 cm³/mol. The highest BCUT2D eigenvalue weighted by Crippen LogP contribution is 1.82. The second-order valence-corrected chi connectivity index (χ2v) is 1.99. The van der Waals surface area contributed by atoms with Crippen LogP contribution in [0.4, 0.5) is 0 Å². The lowest BCUT2D eigenvalue weighted by Gasteiger charge is -1.94. The summed E-state index contributed by atoms with van der Waals surface area (Å²) >= 11 is 0. The number of carbonyl (C=O) groups is 1. The number of ether oxygens (including phenoxy) is 1. The van der Waals surface area contributed by atoms with Gasteiger partial charge in [-0.1, -0.05) is 31.7 Å². The van der Waals surface area contributed by atoms with Crippen LogP contribution >= 0.6 is 0 Å². The lowest BCUT2D eigenvalue weighted by Crippen LogP contribution is -2.00. The average molecular weight is 187 g/mol. The van der Waals surface area contributed by atoms with Crippen LogP contribution in [0, 0.1) is 0 Å². The molecular formula is C10H21NO2. The van der Waals surface area contributed by atoms with Crippen molar-refractivity contribution in [1.29, 1.82) is 0 Å². The van der Waals surface area contributed by atoms with Crippen molar-refractivity contribution < 1.29 is 9.53 Å². The van der Waals surface area contributed by atoms with Gasteiger partial charge in [0.1, 0.15) is 6.61 Å². The number of esters is 1. The largest absolute Gasteiger partial charge is 0.461 e. The molecule has 13 heavy (non-hydrogen) atoms. The first-order valence-electron chi connectivity index (χ1n) is 4.06. The monoisotopic (exact) mass is 187 g/mol. The van der Waals surface area contributed by atoms with Gasteiger partial charge in [0, 0.05) is 6.42 Å². The van der Waals surface area contributed by atoms with Crippen LogP contribution in [0.5, 0.6) is 0 Å². The number of carbonyl (C=O) groups excluding carboxylic acids is 1. The van der Waals surface area contributed by atoms with Crippen LogP contribution < -0.4 is 6.15 Å². The van der Waals surface area contributed by atoms with Crippen molar-refractivity contribution in [2.24, 2.45) is 0 Å². The topological polar surface area (TPSA) is 61.3 Å². The third-order valence-corrected chi connectivity index (χ3v) is 0.984. The smallest absolute Gasteiger partial charge is 0.305 e. The first-order chi connectivity index (χ1) is 5.72. The average Bonchev–Trinajstić information content (AvgIpc) is 2.14. The fourth-order valence-electron chi connectivity index (χ4n) is 0.254. The molecule has 0 atom stereocenters. The van der Waals surface area contributed by atoms with Crippen LogP contribution in [-0.2, 0) is 9.53 Å². The number of rotatable bonds is 3. The van der Waals surface area contributed by atoms with Crippen molar-refractivity contribution in [1.82, 2.24) is 6.15 Å². The maximum absolute atomic E-state index is 10.3. The van der Waals surface area contributed by atoms with Crippen molar-refractivity contribution in [3.8, 4) is 0 Å². The molecule has 0 heterocycles. The van der Waals surface area contributed by atoms with Gasteiger partial charge in [-0.15, -0.1) is 0 Å². The Labute approximate surface area is 81.1 Å². The van der Waals surface area contributed by atoms with Crippen molar-refractivity contribution in [3.05, 3.63) is 24.8 Å². The van der Waals surface area contributed by atoms with Crippen LogP contribution in [0.1, 0.15) is 27.2 Å². The maximum atomic E-state index is 10.3. The van der Waals surface area contributed by atoms with Gasteiger partial charge in [-0.2, -0.15) is 0 Å². The summed E-state index contributed by atoms with van der Waals surface area (Å²) in [6.07, 6.45) is 5.99. The third-order valence-electron chi connectivity index (χ3n) is 0.984. The Balaban J connectivity index is -0.000000173. The zero-order valence-electron chi connectivity index (χ0n) is 8.88. The summed E-state index contributed by atoms with van der Waals surface area (Å²) in [6.45, 7) is 9.47. The normalized spacial score (nSPS) is 7.92. The molecule has 0 saturated heterocycles. The zero-order chi connectivity index (χ0) is 9.82. The minimum atomic E-state index is -0.176. The molecule has 0 radical (unpaired) electrons. The molecule has 0 fully saturated rings. The minimum Gasteiger partial charge on any atom is -0.461 e. The summed E-state index contributed by atoms with van der Waals surface area (Å²) in [4.78, 5) is 10.3. The molecule has 0 rings (SSSR count). The number of hydrogen-bond acceptors (Lipinski definition) is 3. The van der Waals surface area contributed by atoms with E-state index in [0.29, 0.717) is 13.0 Å². The number of allylic oxidation sites excluding steroid dienone is 2. The van der Waals surface area contributed by atoms with E-state index in [9.17, 15) is 4.79 Å². The lowest BCUT2D eigenvalue weighted by atomic mass is 10.5. The summed E-state index contributed by atoms with van der Waals surface area (Å²) in [7, 11) is 0. The van der Waals surface area contributed by atoms with Crippen molar-refractivity contribution in [2.45, 2.75) is 27.2 Å². The van der Waals surface area contributed by atoms with Crippen LogP contribution in [0.25, 0.3) is 0 Å². The fraction of sp³-hybridized carbons (Fsp3) is 0.500. The summed E-state index contributed by atoms with van der Waals surface area (Å²) in [5.41, 5.74) is 0. The highest BCUT2D eigenvalue weighted by atomic mass is 16.5. The highest BCUT2D eigenvalue weighted by Gasteiger charge is 1.92. The van der Waals surface area contributed by atoms with Crippen molar-refractivity contribution in [2.75, 3.05) is 6.61 Å². The molecule has 0 saturated carbocycles. The van der Waals surface area contributed by atoms with Crippen molar-refractivity contribution >= 4 is 5.97 Å². The molecular weight excluding hydrogens is 166 g/mol. The molecule has 0 aliphatic rings. The molecule has 0 unspecified atom stereocenters. The molecule has 3 nitrogen and oxygen atoms in total. The van der Waals surface area contributed by atoms with Crippen LogP contribution in [-0.4, -0.2) is 12.6 Å². The van der Waals surface area contributed by atoms with Crippen LogP contribution in [0.15, 0.2) is 24.8 Å². The Kier molecular flexibility index (Phi) is 23.5. The van der Waals surface area contributed by atoms with Gasteiger partial charge in [0.05, 0.1) is 0 Å². The summed E-state index contributed by atoms with van der Waals surface area (Å²) in [5, 5.41) is 0. The Morgan fingerprint density at radius 1 is 1.38 bits per heavy atom. The Hall–Kier alpha value is -1.09. The van der Waals surface area contributed by atoms with E-state index in [1.54, 1.807) is 13.0 Å². The first-order valence-corrected chi connectivity index (χ1v) is 4.06. The fourth-order valence-corrected chi connectivity index (χ4v) is 0.254. The van der Waals surface area contributed by atoms with Gasteiger partial charge < -0.3 is 10.9 Å². The Bertz CT molecular complexity index is 138. The van der Waals surface area contributed by atoms with Gasteiger partial charge in [0.15, 0.2) is 0 Å². The van der Waals surface area contributed by atoms with Gasteiger partial charge in [-0.25, -0.2) is 0 Å². The molecule has 0 aliphatic carbocycles. The molecule has 3 N–H and O–H groups in total. The molecule has 0 aromatic rings. The minimum absolute atomic E-state index is 0. The molecule has 0 amide bonds. The lowest BCUT2D eigenvalue weighted by molar-refractivity contribution is -0.141. The third kappa shape index (κ3) is 24.8. The molecule has 0 aliphatic heterocycles. The van der Waals surface area contributed by atoms with Gasteiger partial charge >= 0.3 is 5.97 Å². The van der Waals surface area contributed by atoms with Gasteiger partial charge in [-0.05, 0) is 13.8 Å². The van der Waals surface area contributed by atoms with Gasteiger partial charge in [0.2, 0.25) is 0 Å². The molecule has 78 valence electrons. The summed E-state index contributed by atoms with van der Waals surface area (Å²) in [6, 6.07) is 0. The first kappa shape index (κ1) is 17.9. The van der Waals surface area contributed by atoms with E-state index < -0.39 is 0 Å². The van der Waals surface area contributed by atoms with Crippen LogP contribution in [0.3, 0.4) is 0 Å². The van der Waals surface area contributed by atoms with E-state index in [1.807, 2.05) is 26.0 Å². The predicted octanol–water partition coefficient (Wildman–Crippen LogP) is 2.87. The number of hydrogen-bond donors (Lipinski definition) is 1. The summed E-state index contributed by atoms with van der Waals surface area (Å²) in [5.74, 6) is -0.176. The van der Waals surface area contributed by atoms with E-state index in [0.717, 1.165) is 0 Å². The molecule has 3 heteroatoms. The molecule has 0 spiro atoms. The van der Waals surface area contributed by atoms with Gasteiger partial charge in [0.25, 0.3) is 0 Å². The standard InChI is InChI=1S/C6H10O2.C4H8.H3N/c1-3-5-8-6(7)4-2;1-3-4-2;/h3H,1,4-5H2,2H3;3-4H,1-2H3;1H3. The Morgan fingerprint density at radius 3 is 2.08 bits per heavy atom. The maximum Gasteiger partial charge on any atom is 0.305 e. The van der Waals surface area contributed by atoms with Gasteiger partial charge in [-0.3, -0.25) is 4.79 Å². The van der Waals surface area contributed by atoms with E-state index in [-0.39, 0.29) is 12.1 Å². The summed E-state index contributed by atoms with van der Waals surface area (Å²) < 4.78 is 4.58. The SMILES string of the molecule is C=CCOC(=O)CC.CC=CC.N. The van der Waals surface area contributed by atoms with E-state index in [2.05, 4.69) is 11.3 Å². The van der Waals surface area contributed by atoms with E-state index in [1.165, 1.54) is 0 Å². The van der Waals surface area contributed by atoms with E-state index in [4.69, 9.17) is 0 Å². The van der Waals surface area contributed by atoms with Crippen LogP contribution in [0.2, 0.25) is 0 Å². The second kappa shape index (κ2) is 17.1.